The molecule has 2 aromatic heterocycles. The Kier molecular flexibility index (Phi) is 10.1. The molecule has 2 N–H and O–H groups in total. The zero-order valence-corrected chi connectivity index (χ0v) is 20.1. The SMILES string of the molecule is CCc1cnc(CCNC(=NC)NCCc2nccn2Cc2ccccc2)s1.I. The first-order chi connectivity index (χ1) is 13.8. The number of aromatic nitrogens is 3. The van der Waals surface area contributed by atoms with E-state index in [2.05, 4.69) is 61.4 Å². The first-order valence-electron chi connectivity index (χ1n) is 9.70. The lowest BCUT2D eigenvalue weighted by Crippen LogP contribution is -2.39. The summed E-state index contributed by atoms with van der Waals surface area (Å²) < 4.78 is 2.20. The summed E-state index contributed by atoms with van der Waals surface area (Å²) in [6.45, 7) is 4.60. The van der Waals surface area contributed by atoms with Gasteiger partial charge in [0.2, 0.25) is 0 Å². The van der Waals surface area contributed by atoms with Crippen molar-refractivity contribution < 1.29 is 0 Å². The molecule has 3 rings (SSSR count). The molecule has 0 saturated heterocycles. The molecule has 156 valence electrons. The average Bonchev–Trinajstić information content (AvgIpc) is 3.37. The van der Waals surface area contributed by atoms with Crippen LogP contribution in [0.2, 0.25) is 0 Å². The van der Waals surface area contributed by atoms with E-state index < -0.39 is 0 Å². The van der Waals surface area contributed by atoms with Gasteiger partial charge in [-0.3, -0.25) is 4.99 Å². The molecule has 6 nitrogen and oxygen atoms in total. The third-order valence-corrected chi connectivity index (χ3v) is 5.64. The summed E-state index contributed by atoms with van der Waals surface area (Å²) in [6.07, 6.45) is 8.68. The van der Waals surface area contributed by atoms with Crippen LogP contribution in [0, 0.1) is 0 Å². The Morgan fingerprint density at radius 2 is 1.86 bits per heavy atom. The lowest BCUT2D eigenvalue weighted by atomic mass is 10.2. The fourth-order valence-corrected chi connectivity index (χ4v) is 3.78. The van der Waals surface area contributed by atoms with E-state index in [1.54, 1.807) is 18.4 Å². The molecule has 0 bridgehead atoms. The van der Waals surface area contributed by atoms with Crippen LogP contribution in [0.15, 0.2) is 53.9 Å². The second kappa shape index (κ2) is 12.6. The Bertz CT molecular complexity index is 874. The van der Waals surface area contributed by atoms with Crippen molar-refractivity contribution in [2.75, 3.05) is 20.1 Å². The first-order valence-corrected chi connectivity index (χ1v) is 10.5. The molecule has 3 aromatic rings. The largest absolute Gasteiger partial charge is 0.356 e. The Labute approximate surface area is 193 Å². The van der Waals surface area contributed by atoms with Crippen molar-refractivity contribution in [1.29, 1.82) is 0 Å². The number of aliphatic imine (C=N–C) groups is 1. The Morgan fingerprint density at radius 1 is 1.10 bits per heavy atom. The van der Waals surface area contributed by atoms with Crippen molar-refractivity contribution in [3.8, 4) is 0 Å². The van der Waals surface area contributed by atoms with Crippen molar-refractivity contribution in [1.82, 2.24) is 25.2 Å². The number of benzene rings is 1. The van der Waals surface area contributed by atoms with E-state index in [1.165, 1.54) is 15.4 Å². The molecule has 0 radical (unpaired) electrons. The molecule has 0 spiro atoms. The molecule has 8 heteroatoms. The van der Waals surface area contributed by atoms with Gasteiger partial charge in [-0.1, -0.05) is 37.3 Å². The van der Waals surface area contributed by atoms with E-state index in [1.807, 2.05) is 24.7 Å². The van der Waals surface area contributed by atoms with Crippen LogP contribution in [-0.2, 0) is 25.8 Å². The lowest BCUT2D eigenvalue weighted by molar-refractivity contribution is 0.693. The molecule has 2 heterocycles. The number of hydrogen-bond acceptors (Lipinski definition) is 4. The minimum absolute atomic E-state index is 0. The van der Waals surface area contributed by atoms with Crippen molar-refractivity contribution in [3.63, 3.8) is 0 Å². The van der Waals surface area contributed by atoms with E-state index in [-0.39, 0.29) is 24.0 Å². The molecule has 29 heavy (non-hydrogen) atoms. The number of nitrogens with one attached hydrogen (secondary N) is 2. The van der Waals surface area contributed by atoms with Crippen LogP contribution < -0.4 is 10.6 Å². The standard InChI is InChI=1S/C21H28N6S.HI/c1-3-18-15-26-20(28-18)10-12-25-21(22-2)24-11-9-19-23-13-14-27(19)16-17-7-5-4-6-8-17;/h4-8,13-15H,3,9-12,16H2,1-2H3,(H2,22,24,25);1H. The maximum absolute atomic E-state index is 4.50. The molecule has 0 saturated carbocycles. The summed E-state index contributed by atoms with van der Waals surface area (Å²) in [7, 11) is 1.80. The summed E-state index contributed by atoms with van der Waals surface area (Å²) in [5.74, 6) is 1.88. The maximum atomic E-state index is 4.50. The van der Waals surface area contributed by atoms with E-state index in [0.29, 0.717) is 0 Å². The summed E-state index contributed by atoms with van der Waals surface area (Å²) >= 11 is 1.79. The van der Waals surface area contributed by atoms with Gasteiger partial charge in [-0.15, -0.1) is 35.3 Å². The quantitative estimate of drug-likeness (QED) is 0.256. The zero-order valence-electron chi connectivity index (χ0n) is 17.0. The summed E-state index contributed by atoms with van der Waals surface area (Å²) in [5.41, 5.74) is 1.28. The third kappa shape index (κ3) is 7.43. The Morgan fingerprint density at radius 3 is 2.55 bits per heavy atom. The molecular formula is C21H29IN6S. The first kappa shape index (κ1) is 23.3. The van der Waals surface area contributed by atoms with Crippen LogP contribution in [0.25, 0.3) is 0 Å². The number of imidazole rings is 1. The molecule has 0 unspecified atom stereocenters. The van der Waals surface area contributed by atoms with Gasteiger partial charge >= 0.3 is 0 Å². The Balaban J connectivity index is 0.00000300. The topological polar surface area (TPSA) is 67.1 Å². The van der Waals surface area contributed by atoms with E-state index in [4.69, 9.17) is 0 Å². The monoisotopic (exact) mass is 524 g/mol. The molecule has 0 aliphatic heterocycles. The van der Waals surface area contributed by atoms with Crippen LogP contribution in [0.4, 0.5) is 0 Å². The van der Waals surface area contributed by atoms with Crippen molar-refractivity contribution in [2.24, 2.45) is 4.99 Å². The highest BCUT2D eigenvalue weighted by Gasteiger charge is 2.05. The summed E-state index contributed by atoms with van der Waals surface area (Å²) in [4.78, 5) is 14.6. The third-order valence-electron chi connectivity index (χ3n) is 4.44. The molecule has 0 aliphatic rings. The highest BCUT2D eigenvalue weighted by atomic mass is 127. The smallest absolute Gasteiger partial charge is 0.191 e. The maximum Gasteiger partial charge on any atom is 0.191 e. The van der Waals surface area contributed by atoms with Crippen LogP contribution in [0.1, 0.15) is 28.2 Å². The van der Waals surface area contributed by atoms with Crippen molar-refractivity contribution >= 4 is 41.3 Å². The lowest BCUT2D eigenvalue weighted by Gasteiger charge is -2.12. The molecule has 0 atom stereocenters. The highest BCUT2D eigenvalue weighted by Crippen LogP contribution is 2.13. The van der Waals surface area contributed by atoms with Gasteiger partial charge in [-0.25, -0.2) is 9.97 Å². The van der Waals surface area contributed by atoms with Gasteiger partial charge in [0, 0.05) is 63.0 Å². The van der Waals surface area contributed by atoms with Gasteiger partial charge in [0.1, 0.15) is 5.82 Å². The molecule has 0 aliphatic carbocycles. The van der Waals surface area contributed by atoms with Crippen LogP contribution >= 0.6 is 35.3 Å². The van der Waals surface area contributed by atoms with Crippen LogP contribution in [0.3, 0.4) is 0 Å². The summed E-state index contributed by atoms with van der Waals surface area (Å²) in [5, 5.41) is 7.90. The van der Waals surface area contributed by atoms with E-state index in [9.17, 15) is 0 Å². The predicted molar refractivity (Wildman–Crippen MR) is 131 cm³/mol. The van der Waals surface area contributed by atoms with E-state index >= 15 is 0 Å². The van der Waals surface area contributed by atoms with Gasteiger partial charge in [0.05, 0.1) is 5.01 Å². The van der Waals surface area contributed by atoms with Crippen molar-refractivity contribution in [2.45, 2.75) is 32.7 Å². The average molecular weight is 524 g/mol. The zero-order chi connectivity index (χ0) is 19.6. The van der Waals surface area contributed by atoms with Gasteiger partial charge in [-0.2, -0.15) is 0 Å². The fraction of sp³-hybridized carbons (Fsp3) is 0.381. The minimum atomic E-state index is 0. The number of nitrogens with zero attached hydrogens (tertiary/aromatic N) is 4. The number of halogens is 1. The molecule has 0 fully saturated rings. The second-order valence-electron chi connectivity index (χ2n) is 6.46. The fourth-order valence-electron chi connectivity index (χ4n) is 2.92. The van der Waals surface area contributed by atoms with Gasteiger partial charge in [0.25, 0.3) is 0 Å². The Hall–Kier alpha value is -1.94. The number of rotatable bonds is 9. The normalized spacial score (nSPS) is 11.2. The number of aryl methyl sites for hydroxylation is 1. The number of hydrogen-bond donors (Lipinski definition) is 2. The molecule has 1 aromatic carbocycles. The minimum Gasteiger partial charge on any atom is -0.356 e. The number of thiazole rings is 1. The van der Waals surface area contributed by atoms with E-state index in [0.717, 1.165) is 50.7 Å². The highest BCUT2D eigenvalue weighted by molar-refractivity contribution is 14.0. The van der Waals surface area contributed by atoms with Gasteiger partial charge < -0.3 is 15.2 Å². The summed E-state index contributed by atoms with van der Waals surface area (Å²) in [6, 6.07) is 10.5. The van der Waals surface area contributed by atoms with Crippen LogP contribution in [-0.4, -0.2) is 40.6 Å². The van der Waals surface area contributed by atoms with Crippen molar-refractivity contribution in [3.05, 3.63) is 70.2 Å². The number of guanidine groups is 1. The molecule has 0 amide bonds. The van der Waals surface area contributed by atoms with Gasteiger partial charge in [-0.05, 0) is 12.0 Å². The predicted octanol–water partition coefficient (Wildman–Crippen LogP) is 3.52. The van der Waals surface area contributed by atoms with Gasteiger partial charge in [0.15, 0.2) is 5.96 Å². The van der Waals surface area contributed by atoms with Crippen LogP contribution in [0.5, 0.6) is 0 Å². The molecular weight excluding hydrogens is 495 g/mol. The second-order valence-corrected chi connectivity index (χ2v) is 7.66.